The Balaban J connectivity index is 3.11. The number of sulfonamides is 1. The zero-order chi connectivity index (χ0) is 15.5. The van der Waals surface area contributed by atoms with Crippen LogP contribution in [0.5, 0.6) is 0 Å². The van der Waals surface area contributed by atoms with E-state index in [1.54, 1.807) is 6.92 Å². The standard InChI is InChI=1S/C11H15ClFN3O3S/c1-3-15-11(17)6-16(2)20(18,19)10-5-9(14)8(13)4-7(10)12/h4-5H,3,6,14H2,1-2H3,(H,15,17). The number of hydrogen-bond acceptors (Lipinski definition) is 4. The van der Waals surface area contributed by atoms with Crippen LogP contribution in [0.25, 0.3) is 0 Å². The highest BCUT2D eigenvalue weighted by atomic mass is 35.5. The van der Waals surface area contributed by atoms with E-state index in [0.29, 0.717) is 6.54 Å². The quantitative estimate of drug-likeness (QED) is 0.785. The molecule has 0 aliphatic heterocycles. The molecule has 112 valence electrons. The highest BCUT2D eigenvalue weighted by Crippen LogP contribution is 2.28. The van der Waals surface area contributed by atoms with Crippen molar-refractivity contribution in [1.82, 2.24) is 9.62 Å². The van der Waals surface area contributed by atoms with Gasteiger partial charge >= 0.3 is 0 Å². The van der Waals surface area contributed by atoms with Crippen LogP contribution in [0.4, 0.5) is 10.1 Å². The van der Waals surface area contributed by atoms with E-state index in [1.807, 2.05) is 0 Å². The number of likely N-dealkylation sites (N-methyl/N-ethyl adjacent to an activating group) is 2. The third-order valence-electron chi connectivity index (χ3n) is 2.48. The summed E-state index contributed by atoms with van der Waals surface area (Å²) in [6, 6.07) is 1.75. The lowest BCUT2D eigenvalue weighted by Crippen LogP contribution is -2.38. The molecule has 1 amide bonds. The first kappa shape index (κ1) is 16.7. The van der Waals surface area contributed by atoms with Gasteiger partial charge < -0.3 is 11.1 Å². The maximum atomic E-state index is 13.2. The lowest BCUT2D eigenvalue weighted by molar-refractivity contribution is -0.121. The van der Waals surface area contributed by atoms with E-state index >= 15 is 0 Å². The van der Waals surface area contributed by atoms with Crippen LogP contribution in [-0.4, -0.2) is 38.8 Å². The lowest BCUT2D eigenvalue weighted by atomic mass is 10.3. The number of amides is 1. The number of hydrogen-bond donors (Lipinski definition) is 2. The average Bonchev–Trinajstić information content (AvgIpc) is 2.33. The van der Waals surface area contributed by atoms with E-state index in [9.17, 15) is 17.6 Å². The van der Waals surface area contributed by atoms with Gasteiger partial charge in [-0.05, 0) is 19.1 Å². The fraction of sp³-hybridized carbons (Fsp3) is 0.364. The van der Waals surface area contributed by atoms with E-state index in [4.69, 9.17) is 17.3 Å². The summed E-state index contributed by atoms with van der Waals surface area (Å²) in [4.78, 5) is 11.1. The fourth-order valence-corrected chi connectivity index (χ4v) is 3.10. The molecule has 0 bridgehead atoms. The van der Waals surface area contributed by atoms with Crippen molar-refractivity contribution >= 4 is 33.2 Å². The molecule has 3 N–H and O–H groups in total. The van der Waals surface area contributed by atoms with Crippen LogP contribution in [0.15, 0.2) is 17.0 Å². The Morgan fingerprint density at radius 3 is 2.65 bits per heavy atom. The molecule has 0 heterocycles. The van der Waals surface area contributed by atoms with Gasteiger partial charge in [0.05, 0.1) is 17.3 Å². The van der Waals surface area contributed by atoms with Crippen molar-refractivity contribution in [3.8, 4) is 0 Å². The second kappa shape index (κ2) is 6.38. The predicted octanol–water partition coefficient (Wildman–Crippen LogP) is 0.818. The molecule has 0 radical (unpaired) electrons. The summed E-state index contributed by atoms with van der Waals surface area (Å²) in [5, 5.41) is 2.18. The molecule has 20 heavy (non-hydrogen) atoms. The largest absolute Gasteiger partial charge is 0.396 e. The van der Waals surface area contributed by atoms with Crippen LogP contribution in [0.1, 0.15) is 6.92 Å². The van der Waals surface area contributed by atoms with Gasteiger partial charge in [-0.1, -0.05) is 11.6 Å². The minimum Gasteiger partial charge on any atom is -0.396 e. The Morgan fingerprint density at radius 1 is 1.50 bits per heavy atom. The molecule has 0 fully saturated rings. The van der Waals surface area contributed by atoms with Crippen molar-refractivity contribution in [2.45, 2.75) is 11.8 Å². The summed E-state index contributed by atoms with van der Waals surface area (Å²) in [6.07, 6.45) is 0. The zero-order valence-electron chi connectivity index (χ0n) is 11.0. The first-order valence-corrected chi connectivity index (χ1v) is 7.49. The maximum absolute atomic E-state index is 13.2. The molecule has 1 aromatic carbocycles. The normalized spacial score (nSPS) is 11.7. The fourth-order valence-electron chi connectivity index (χ4n) is 1.45. The van der Waals surface area contributed by atoms with Gasteiger partial charge in [-0.2, -0.15) is 4.31 Å². The van der Waals surface area contributed by atoms with E-state index in [1.165, 1.54) is 7.05 Å². The first-order valence-electron chi connectivity index (χ1n) is 5.67. The summed E-state index contributed by atoms with van der Waals surface area (Å²) >= 11 is 5.73. The average molecular weight is 324 g/mol. The molecule has 1 rings (SSSR count). The minimum atomic E-state index is -4.03. The Bertz CT molecular complexity index is 622. The smallest absolute Gasteiger partial charge is 0.244 e. The Hall–Kier alpha value is -1.38. The number of rotatable bonds is 5. The molecule has 9 heteroatoms. The number of carbonyl (C=O) groups excluding carboxylic acids is 1. The number of carbonyl (C=O) groups is 1. The van der Waals surface area contributed by atoms with Crippen molar-refractivity contribution in [2.24, 2.45) is 0 Å². The number of halogens is 2. The van der Waals surface area contributed by atoms with E-state index in [0.717, 1.165) is 16.4 Å². The summed E-state index contributed by atoms with van der Waals surface area (Å²) in [7, 11) is -2.81. The molecule has 6 nitrogen and oxygen atoms in total. The molecule has 0 unspecified atom stereocenters. The second-order valence-corrected chi connectivity index (χ2v) is 6.44. The highest BCUT2D eigenvalue weighted by molar-refractivity contribution is 7.89. The molecule has 0 aliphatic rings. The van der Waals surface area contributed by atoms with Gasteiger partial charge in [0.2, 0.25) is 15.9 Å². The molecule has 0 aromatic heterocycles. The van der Waals surface area contributed by atoms with Gasteiger partial charge in [-0.25, -0.2) is 12.8 Å². The van der Waals surface area contributed by atoms with Crippen molar-refractivity contribution in [3.05, 3.63) is 23.0 Å². The number of nitrogen functional groups attached to an aromatic ring is 1. The van der Waals surface area contributed by atoms with Gasteiger partial charge in [0.25, 0.3) is 0 Å². The monoisotopic (exact) mass is 323 g/mol. The zero-order valence-corrected chi connectivity index (χ0v) is 12.6. The SMILES string of the molecule is CCNC(=O)CN(C)S(=O)(=O)c1cc(N)c(F)cc1Cl. The van der Waals surface area contributed by atoms with Crippen molar-refractivity contribution < 1.29 is 17.6 Å². The molecular weight excluding hydrogens is 309 g/mol. The number of nitrogens with zero attached hydrogens (tertiary/aromatic N) is 1. The van der Waals surface area contributed by atoms with Crippen LogP contribution in [-0.2, 0) is 14.8 Å². The second-order valence-electron chi connectivity index (χ2n) is 4.02. The van der Waals surface area contributed by atoms with Crippen LogP contribution in [0.3, 0.4) is 0 Å². The molecule has 0 spiro atoms. The van der Waals surface area contributed by atoms with Crippen LogP contribution in [0.2, 0.25) is 5.02 Å². The van der Waals surface area contributed by atoms with Crippen LogP contribution >= 0.6 is 11.6 Å². The molecule has 0 saturated carbocycles. The van der Waals surface area contributed by atoms with Crippen molar-refractivity contribution in [3.63, 3.8) is 0 Å². The highest BCUT2D eigenvalue weighted by Gasteiger charge is 2.26. The summed E-state index contributed by atoms with van der Waals surface area (Å²) in [5.41, 5.74) is 5.01. The Kier molecular flexibility index (Phi) is 5.32. The van der Waals surface area contributed by atoms with Crippen molar-refractivity contribution in [2.75, 3.05) is 25.9 Å². The lowest BCUT2D eigenvalue weighted by Gasteiger charge is -2.17. The third kappa shape index (κ3) is 3.59. The molecule has 0 atom stereocenters. The Morgan fingerprint density at radius 2 is 2.10 bits per heavy atom. The number of nitrogens with one attached hydrogen (secondary N) is 1. The molecule has 1 aromatic rings. The topological polar surface area (TPSA) is 92.5 Å². The minimum absolute atomic E-state index is 0.292. The third-order valence-corrected chi connectivity index (χ3v) is 4.75. The number of nitrogens with two attached hydrogens (primary N) is 1. The molecular formula is C11H15ClFN3O3S. The Labute approximate surface area is 121 Å². The van der Waals surface area contributed by atoms with Crippen LogP contribution < -0.4 is 11.1 Å². The molecule has 0 aliphatic carbocycles. The summed E-state index contributed by atoms with van der Waals surface area (Å²) < 4.78 is 38.5. The number of anilines is 1. The van der Waals surface area contributed by atoms with Crippen molar-refractivity contribution in [1.29, 1.82) is 0 Å². The first-order chi connectivity index (χ1) is 9.20. The van der Waals surface area contributed by atoms with Gasteiger partial charge in [0, 0.05) is 13.6 Å². The summed E-state index contributed by atoms with van der Waals surface area (Å²) in [6.45, 7) is 1.73. The maximum Gasteiger partial charge on any atom is 0.244 e. The van der Waals surface area contributed by atoms with Gasteiger partial charge in [-0.3, -0.25) is 4.79 Å². The van der Waals surface area contributed by atoms with E-state index < -0.39 is 21.7 Å². The predicted molar refractivity (Wildman–Crippen MR) is 74.3 cm³/mol. The summed E-state index contributed by atoms with van der Waals surface area (Å²) in [5.74, 6) is -1.26. The molecule has 0 saturated heterocycles. The van der Waals surface area contributed by atoms with E-state index in [2.05, 4.69) is 5.32 Å². The van der Waals surface area contributed by atoms with Gasteiger partial charge in [-0.15, -0.1) is 0 Å². The van der Waals surface area contributed by atoms with E-state index in [-0.39, 0.29) is 22.2 Å². The number of benzene rings is 1. The van der Waals surface area contributed by atoms with Gasteiger partial charge in [0.1, 0.15) is 10.7 Å². The van der Waals surface area contributed by atoms with Crippen LogP contribution in [0, 0.1) is 5.82 Å². The van der Waals surface area contributed by atoms with Gasteiger partial charge in [0.15, 0.2) is 0 Å².